The third-order valence-corrected chi connectivity index (χ3v) is 3.72. The first-order valence-corrected chi connectivity index (χ1v) is 6.94. The number of halogens is 2. The summed E-state index contributed by atoms with van der Waals surface area (Å²) in [4.78, 5) is 35.5. The van der Waals surface area contributed by atoms with Gasteiger partial charge in [0.1, 0.15) is 0 Å². The third kappa shape index (κ3) is 3.26. The van der Waals surface area contributed by atoms with E-state index in [-0.39, 0.29) is 29.5 Å². The van der Waals surface area contributed by atoms with Gasteiger partial charge in [-0.2, -0.15) is 0 Å². The zero-order chi connectivity index (χ0) is 17.3. The first-order valence-electron chi connectivity index (χ1n) is 6.94. The molecule has 1 fully saturated rings. The number of ketones is 1. The third-order valence-electron chi connectivity index (χ3n) is 3.72. The maximum Gasteiger partial charge on any atom is 0.234 e. The van der Waals surface area contributed by atoms with Gasteiger partial charge in [0.05, 0.1) is 5.92 Å². The highest BCUT2D eigenvalue weighted by atomic mass is 19.2. The fourth-order valence-electron chi connectivity index (χ4n) is 2.45. The molecule has 0 saturated carbocycles. The monoisotopic (exact) mass is 319 g/mol. The number of piperidine rings is 1. The van der Waals surface area contributed by atoms with Crippen LogP contribution in [0.25, 0.3) is 5.57 Å². The molecular formula is C17H15F2NO3. The Morgan fingerprint density at radius 3 is 2.26 bits per heavy atom. The highest BCUT2D eigenvalue weighted by Gasteiger charge is 2.32. The van der Waals surface area contributed by atoms with E-state index in [1.54, 1.807) is 6.92 Å². The van der Waals surface area contributed by atoms with Crippen molar-refractivity contribution < 1.29 is 23.2 Å². The van der Waals surface area contributed by atoms with Gasteiger partial charge in [-0.1, -0.05) is 18.7 Å². The number of allylic oxidation sites excluding steroid dienone is 1. The molecule has 1 aliphatic heterocycles. The van der Waals surface area contributed by atoms with Gasteiger partial charge in [-0.05, 0) is 31.0 Å². The summed E-state index contributed by atoms with van der Waals surface area (Å²) in [6.07, 6.45) is 0.245. The van der Waals surface area contributed by atoms with E-state index in [4.69, 9.17) is 0 Å². The Morgan fingerprint density at radius 2 is 1.74 bits per heavy atom. The maximum atomic E-state index is 13.5. The summed E-state index contributed by atoms with van der Waals surface area (Å²) < 4.78 is 26.9. The van der Waals surface area contributed by atoms with E-state index >= 15 is 0 Å². The van der Waals surface area contributed by atoms with E-state index in [0.29, 0.717) is 5.57 Å². The number of carbonyl (C=O) groups is 3. The lowest BCUT2D eigenvalue weighted by Crippen LogP contribution is -2.42. The van der Waals surface area contributed by atoms with Gasteiger partial charge in [-0.3, -0.25) is 19.7 Å². The Hall–Kier alpha value is -2.63. The van der Waals surface area contributed by atoms with Crippen LogP contribution in [0.5, 0.6) is 0 Å². The van der Waals surface area contributed by atoms with Crippen LogP contribution in [0.1, 0.15) is 35.7 Å². The topological polar surface area (TPSA) is 63.2 Å². The van der Waals surface area contributed by atoms with Gasteiger partial charge in [0.15, 0.2) is 17.4 Å². The standard InChI is InChI=1S/C17H15F2NO3/c1-8(2)11-6-13(18)14(19)7-12(11)16(22)9(3)10-4-5-15(21)20-17(10)23/h6-7,10H,1,3-5H2,2H3,(H,20,21,23). The molecule has 0 bridgehead atoms. The number of hydrogen-bond donors (Lipinski definition) is 1. The molecule has 0 radical (unpaired) electrons. The molecule has 0 aromatic heterocycles. The second-order valence-electron chi connectivity index (χ2n) is 5.45. The predicted octanol–water partition coefficient (Wildman–Crippen LogP) is 2.79. The highest BCUT2D eigenvalue weighted by Crippen LogP contribution is 2.28. The molecule has 120 valence electrons. The van der Waals surface area contributed by atoms with Crippen molar-refractivity contribution in [2.75, 3.05) is 0 Å². The predicted molar refractivity (Wildman–Crippen MR) is 80.4 cm³/mol. The number of nitrogens with one attached hydrogen (secondary N) is 1. The van der Waals surface area contributed by atoms with E-state index in [1.165, 1.54) is 0 Å². The summed E-state index contributed by atoms with van der Waals surface area (Å²) in [5, 5.41) is 2.13. The molecule has 1 aromatic rings. The molecule has 23 heavy (non-hydrogen) atoms. The molecule has 1 N–H and O–H groups in total. The molecule has 2 rings (SSSR count). The SMILES string of the molecule is C=C(C)c1cc(F)c(F)cc1C(=O)C(=C)C1CCC(=O)NC1=O. The lowest BCUT2D eigenvalue weighted by atomic mass is 9.85. The van der Waals surface area contributed by atoms with Gasteiger partial charge < -0.3 is 0 Å². The molecule has 2 amide bonds. The van der Waals surface area contributed by atoms with E-state index in [1.807, 2.05) is 0 Å². The molecule has 0 aliphatic carbocycles. The Morgan fingerprint density at radius 1 is 1.17 bits per heavy atom. The minimum Gasteiger partial charge on any atom is -0.296 e. The van der Waals surface area contributed by atoms with Crippen molar-refractivity contribution in [1.82, 2.24) is 5.32 Å². The van der Waals surface area contributed by atoms with Gasteiger partial charge in [-0.25, -0.2) is 8.78 Å². The lowest BCUT2D eigenvalue weighted by Gasteiger charge is -2.22. The summed E-state index contributed by atoms with van der Waals surface area (Å²) in [6.45, 7) is 8.81. The van der Waals surface area contributed by atoms with Gasteiger partial charge in [0.2, 0.25) is 11.8 Å². The van der Waals surface area contributed by atoms with Crippen LogP contribution in [0.4, 0.5) is 8.78 Å². The average molecular weight is 319 g/mol. The van der Waals surface area contributed by atoms with Gasteiger partial charge in [0.25, 0.3) is 0 Å². The van der Waals surface area contributed by atoms with E-state index in [0.717, 1.165) is 12.1 Å². The highest BCUT2D eigenvalue weighted by molar-refractivity contribution is 6.15. The molecule has 1 saturated heterocycles. The van der Waals surface area contributed by atoms with Crippen molar-refractivity contribution in [2.24, 2.45) is 5.92 Å². The summed E-state index contributed by atoms with van der Waals surface area (Å²) in [5.74, 6) is -4.83. The Bertz CT molecular complexity index is 752. The van der Waals surface area contributed by atoms with Crippen LogP contribution in [0.15, 0.2) is 30.9 Å². The molecule has 1 atom stereocenters. The van der Waals surface area contributed by atoms with Gasteiger partial charge >= 0.3 is 0 Å². The molecule has 4 nitrogen and oxygen atoms in total. The van der Waals surface area contributed by atoms with Gasteiger partial charge in [0, 0.05) is 17.6 Å². The largest absolute Gasteiger partial charge is 0.296 e. The quantitative estimate of drug-likeness (QED) is 0.527. The molecule has 1 aromatic carbocycles. The zero-order valence-corrected chi connectivity index (χ0v) is 12.5. The second-order valence-corrected chi connectivity index (χ2v) is 5.45. The van der Waals surface area contributed by atoms with E-state index in [2.05, 4.69) is 18.5 Å². The van der Waals surface area contributed by atoms with Crippen LogP contribution in [-0.2, 0) is 9.59 Å². The number of hydrogen-bond acceptors (Lipinski definition) is 3. The fraction of sp³-hybridized carbons (Fsp3) is 0.235. The van der Waals surface area contributed by atoms with Crippen molar-refractivity contribution in [1.29, 1.82) is 0 Å². The van der Waals surface area contributed by atoms with E-state index < -0.39 is 35.1 Å². The molecular weight excluding hydrogens is 304 g/mol. The molecule has 1 heterocycles. The number of amides is 2. The summed E-state index contributed by atoms with van der Waals surface area (Å²) in [7, 11) is 0. The minimum absolute atomic E-state index is 0.0662. The first-order chi connectivity index (χ1) is 10.7. The minimum atomic E-state index is -1.17. The molecule has 1 aliphatic rings. The van der Waals surface area contributed by atoms with Crippen LogP contribution >= 0.6 is 0 Å². The number of rotatable bonds is 4. The normalized spacial score (nSPS) is 17.6. The summed E-state index contributed by atoms with van der Waals surface area (Å²) in [6, 6.07) is 1.67. The van der Waals surface area contributed by atoms with Crippen molar-refractivity contribution in [3.63, 3.8) is 0 Å². The summed E-state index contributed by atoms with van der Waals surface area (Å²) >= 11 is 0. The fourth-order valence-corrected chi connectivity index (χ4v) is 2.45. The van der Waals surface area contributed by atoms with Crippen LogP contribution in [-0.4, -0.2) is 17.6 Å². The van der Waals surface area contributed by atoms with Gasteiger partial charge in [-0.15, -0.1) is 0 Å². The number of Topliss-reactive ketones (excluding diaryl/α,β-unsaturated/α-hetero) is 1. The Balaban J connectivity index is 2.38. The van der Waals surface area contributed by atoms with Crippen molar-refractivity contribution in [2.45, 2.75) is 19.8 Å². The first kappa shape index (κ1) is 16.7. The van der Waals surface area contributed by atoms with Crippen LogP contribution < -0.4 is 5.32 Å². The van der Waals surface area contributed by atoms with Crippen molar-refractivity contribution in [3.8, 4) is 0 Å². The molecule has 6 heteroatoms. The number of benzene rings is 1. The zero-order valence-electron chi connectivity index (χ0n) is 12.5. The second kappa shape index (κ2) is 6.24. The van der Waals surface area contributed by atoms with Crippen LogP contribution in [0, 0.1) is 17.6 Å². The average Bonchev–Trinajstić information content (AvgIpc) is 2.48. The smallest absolute Gasteiger partial charge is 0.234 e. The van der Waals surface area contributed by atoms with E-state index in [9.17, 15) is 23.2 Å². The van der Waals surface area contributed by atoms with Crippen LogP contribution in [0.2, 0.25) is 0 Å². The maximum absolute atomic E-state index is 13.5. The van der Waals surface area contributed by atoms with Crippen molar-refractivity contribution in [3.05, 3.63) is 53.6 Å². The van der Waals surface area contributed by atoms with Crippen LogP contribution in [0.3, 0.4) is 0 Å². The number of imide groups is 1. The Kier molecular flexibility index (Phi) is 4.54. The number of carbonyl (C=O) groups excluding carboxylic acids is 3. The molecule has 0 spiro atoms. The lowest BCUT2D eigenvalue weighted by molar-refractivity contribution is -0.135. The molecule has 1 unspecified atom stereocenters. The Labute approximate surface area is 131 Å². The summed E-state index contributed by atoms with van der Waals surface area (Å²) in [5.41, 5.74) is 0.361. The van der Waals surface area contributed by atoms with Crippen molar-refractivity contribution >= 4 is 23.2 Å².